The third-order valence-electron chi connectivity index (χ3n) is 3.97. The van der Waals surface area contributed by atoms with E-state index in [9.17, 15) is 20.1 Å². The molecule has 12 nitrogen and oxygen atoms in total. The summed E-state index contributed by atoms with van der Waals surface area (Å²) in [6.07, 6.45) is -3.82. The van der Waals surface area contributed by atoms with Gasteiger partial charge in [-0.2, -0.15) is 0 Å². The number of amides is 1. The van der Waals surface area contributed by atoms with Crippen molar-refractivity contribution in [3.05, 3.63) is 11.9 Å². The van der Waals surface area contributed by atoms with Crippen LogP contribution in [0.3, 0.4) is 0 Å². The number of hydrogen-bond donors (Lipinski definition) is 7. The van der Waals surface area contributed by atoms with Crippen LogP contribution >= 0.6 is 0 Å². The first kappa shape index (κ1) is 16.4. The average Bonchev–Trinajstić information content (AvgIpc) is 3.03. The van der Waals surface area contributed by atoms with Crippen molar-refractivity contribution in [2.75, 3.05) is 17.8 Å². The van der Waals surface area contributed by atoms with Gasteiger partial charge in [-0.25, -0.2) is 15.8 Å². The van der Waals surface area contributed by atoms with E-state index in [0.29, 0.717) is 0 Å². The Kier molecular flexibility index (Phi) is 3.98. The lowest BCUT2D eigenvalue weighted by Crippen LogP contribution is -2.33. The van der Waals surface area contributed by atoms with E-state index in [0.717, 1.165) is 6.33 Å². The standard InChI is InChI=1S/C12H17N7O5/c13-8-4-5(9(14)23)11(18-15)19(10(4)17-2-16-8)12-7(22)6(21)3(1-20)24-12/h2-3,6-7,12,18,20-22H,1,15H2,(H2,14,23)(H2,13,16,17)/t3-,6-,7+,12+/m1/s1. The second-order valence-corrected chi connectivity index (χ2v) is 5.29. The Morgan fingerprint density at radius 3 is 2.62 bits per heavy atom. The number of nitrogens with one attached hydrogen (secondary N) is 1. The van der Waals surface area contributed by atoms with Crippen molar-refractivity contribution in [2.24, 2.45) is 11.6 Å². The van der Waals surface area contributed by atoms with E-state index in [2.05, 4.69) is 15.4 Å². The molecule has 0 bridgehead atoms. The van der Waals surface area contributed by atoms with Gasteiger partial charge in [-0.3, -0.25) is 9.36 Å². The molecule has 1 saturated heterocycles. The zero-order valence-corrected chi connectivity index (χ0v) is 12.3. The Bertz CT molecular complexity index is 794. The van der Waals surface area contributed by atoms with Crippen LogP contribution in [0.2, 0.25) is 0 Å². The van der Waals surface area contributed by atoms with Crippen LogP contribution < -0.4 is 22.7 Å². The van der Waals surface area contributed by atoms with E-state index in [4.69, 9.17) is 22.0 Å². The second-order valence-electron chi connectivity index (χ2n) is 5.29. The number of nitrogens with two attached hydrogens (primary N) is 3. The first-order valence-corrected chi connectivity index (χ1v) is 6.95. The summed E-state index contributed by atoms with van der Waals surface area (Å²) in [5.41, 5.74) is 13.6. The van der Waals surface area contributed by atoms with E-state index >= 15 is 0 Å². The van der Waals surface area contributed by atoms with Gasteiger partial charge < -0.3 is 36.9 Å². The minimum absolute atomic E-state index is 0.0143. The fourth-order valence-electron chi connectivity index (χ4n) is 2.88. The Balaban J connectivity index is 2.29. The van der Waals surface area contributed by atoms with Crippen LogP contribution in [0.5, 0.6) is 0 Å². The van der Waals surface area contributed by atoms with Crippen LogP contribution in [-0.2, 0) is 4.74 Å². The van der Waals surface area contributed by atoms with Crippen LogP contribution in [0.1, 0.15) is 16.6 Å². The first-order valence-electron chi connectivity index (χ1n) is 6.95. The van der Waals surface area contributed by atoms with Crippen molar-refractivity contribution in [3.63, 3.8) is 0 Å². The lowest BCUT2D eigenvalue weighted by Gasteiger charge is -2.20. The summed E-state index contributed by atoms with van der Waals surface area (Å²) in [6.45, 7) is -0.515. The van der Waals surface area contributed by atoms with E-state index in [1.165, 1.54) is 4.57 Å². The summed E-state index contributed by atoms with van der Waals surface area (Å²) < 4.78 is 6.72. The molecule has 0 radical (unpaired) electrons. The molecule has 2 aromatic heterocycles. The molecule has 1 amide bonds. The number of anilines is 2. The normalized spacial score (nSPS) is 26.8. The minimum Gasteiger partial charge on any atom is -0.394 e. The van der Waals surface area contributed by atoms with Crippen LogP contribution in [-0.4, -0.2) is 60.7 Å². The number of aromatic nitrogens is 3. The number of nitrogen functional groups attached to an aromatic ring is 2. The molecule has 10 N–H and O–H groups in total. The van der Waals surface area contributed by atoms with Gasteiger partial charge in [0.1, 0.15) is 41.9 Å². The van der Waals surface area contributed by atoms with Crippen molar-refractivity contribution in [3.8, 4) is 0 Å². The van der Waals surface area contributed by atoms with Gasteiger partial charge in [0.2, 0.25) is 0 Å². The summed E-state index contributed by atoms with van der Waals surface area (Å²) in [6, 6.07) is 0. The quantitative estimate of drug-likeness (QED) is 0.222. The van der Waals surface area contributed by atoms with Gasteiger partial charge >= 0.3 is 0 Å². The third-order valence-corrected chi connectivity index (χ3v) is 3.97. The highest BCUT2D eigenvalue weighted by Crippen LogP contribution is 2.39. The van der Waals surface area contributed by atoms with Gasteiger partial charge in [0.25, 0.3) is 5.91 Å². The molecule has 4 atom stereocenters. The molecule has 12 heteroatoms. The van der Waals surface area contributed by atoms with Crippen LogP contribution in [0.25, 0.3) is 11.0 Å². The Labute approximate surface area is 134 Å². The van der Waals surface area contributed by atoms with E-state index in [-0.39, 0.29) is 28.2 Å². The Morgan fingerprint density at radius 2 is 2.08 bits per heavy atom. The van der Waals surface area contributed by atoms with Gasteiger partial charge in [-0.1, -0.05) is 0 Å². The molecule has 0 spiro atoms. The average molecular weight is 339 g/mol. The largest absolute Gasteiger partial charge is 0.394 e. The van der Waals surface area contributed by atoms with Crippen molar-refractivity contribution in [2.45, 2.75) is 24.5 Å². The number of rotatable bonds is 4. The Hall–Kier alpha value is -2.51. The summed E-state index contributed by atoms with van der Waals surface area (Å²) >= 11 is 0. The van der Waals surface area contributed by atoms with Gasteiger partial charge in [0.05, 0.1) is 17.6 Å². The summed E-state index contributed by atoms with van der Waals surface area (Å²) in [5, 5.41) is 29.6. The van der Waals surface area contributed by atoms with E-state index < -0.39 is 37.1 Å². The number of carbonyl (C=O) groups excluding carboxylic acids is 1. The number of hydrazine groups is 1. The van der Waals surface area contributed by atoms with Gasteiger partial charge in [-0.05, 0) is 0 Å². The van der Waals surface area contributed by atoms with Crippen LogP contribution in [0, 0.1) is 0 Å². The fourth-order valence-corrected chi connectivity index (χ4v) is 2.88. The number of fused-ring (bicyclic) bond motifs is 1. The molecule has 0 unspecified atom stereocenters. The molecular formula is C12H17N7O5. The minimum atomic E-state index is -1.42. The lowest BCUT2D eigenvalue weighted by atomic mass is 10.1. The number of nitrogens with zero attached hydrogens (tertiary/aromatic N) is 3. The van der Waals surface area contributed by atoms with Crippen LogP contribution in [0.4, 0.5) is 11.6 Å². The predicted molar refractivity (Wildman–Crippen MR) is 81.3 cm³/mol. The van der Waals surface area contributed by atoms with Crippen molar-refractivity contribution >= 4 is 28.6 Å². The number of hydrogen-bond acceptors (Lipinski definition) is 10. The SMILES string of the molecule is NNc1c(C(N)=O)c2c(N)ncnc2n1[C@H]1O[C@H](CO)[C@@H](O)[C@@H]1O. The van der Waals surface area contributed by atoms with Gasteiger partial charge in [0, 0.05) is 0 Å². The van der Waals surface area contributed by atoms with Crippen LogP contribution in [0.15, 0.2) is 6.33 Å². The predicted octanol–water partition coefficient (Wildman–Crippen LogP) is -2.99. The molecule has 1 aliphatic rings. The summed E-state index contributed by atoms with van der Waals surface area (Å²) in [4.78, 5) is 19.7. The number of ether oxygens (including phenoxy) is 1. The third kappa shape index (κ3) is 2.16. The number of aliphatic hydroxyl groups excluding tert-OH is 3. The van der Waals surface area contributed by atoms with E-state index in [1.807, 2.05) is 0 Å². The fraction of sp³-hybridized carbons (Fsp3) is 0.417. The molecule has 1 fully saturated rings. The highest BCUT2D eigenvalue weighted by Gasteiger charge is 2.45. The topological polar surface area (TPSA) is 208 Å². The summed E-state index contributed by atoms with van der Waals surface area (Å²) in [5.74, 6) is 4.62. The monoisotopic (exact) mass is 339 g/mol. The van der Waals surface area contributed by atoms with Gasteiger partial charge in [-0.15, -0.1) is 0 Å². The zero-order valence-electron chi connectivity index (χ0n) is 12.3. The molecule has 3 heterocycles. The molecule has 0 aromatic carbocycles. The van der Waals surface area contributed by atoms with Crippen molar-refractivity contribution in [1.29, 1.82) is 0 Å². The number of aliphatic hydroxyl groups is 3. The molecular weight excluding hydrogens is 322 g/mol. The molecule has 1 aliphatic heterocycles. The van der Waals surface area contributed by atoms with Gasteiger partial charge in [0.15, 0.2) is 6.23 Å². The maximum atomic E-state index is 11.9. The molecule has 2 aromatic rings. The second kappa shape index (κ2) is 5.85. The Morgan fingerprint density at radius 1 is 1.38 bits per heavy atom. The molecule has 0 aliphatic carbocycles. The smallest absolute Gasteiger partial charge is 0.253 e. The summed E-state index contributed by atoms with van der Waals surface area (Å²) in [7, 11) is 0. The molecule has 0 saturated carbocycles. The zero-order chi connectivity index (χ0) is 17.6. The first-order chi connectivity index (χ1) is 11.4. The molecule has 130 valence electrons. The van der Waals surface area contributed by atoms with Crippen molar-refractivity contribution in [1.82, 2.24) is 14.5 Å². The highest BCUT2D eigenvalue weighted by molar-refractivity contribution is 6.13. The molecule has 3 rings (SSSR count). The number of carbonyl (C=O) groups is 1. The maximum absolute atomic E-state index is 11.9. The van der Waals surface area contributed by atoms with E-state index in [1.54, 1.807) is 0 Å². The van der Waals surface area contributed by atoms with Crippen molar-refractivity contribution < 1.29 is 24.9 Å². The maximum Gasteiger partial charge on any atom is 0.253 e. The number of primary amides is 1. The highest BCUT2D eigenvalue weighted by atomic mass is 16.6. The lowest BCUT2D eigenvalue weighted by molar-refractivity contribution is -0.0499. The molecule has 24 heavy (non-hydrogen) atoms.